The fourth-order valence-corrected chi connectivity index (χ4v) is 3.69. The van der Waals surface area contributed by atoms with Crippen molar-refractivity contribution in [1.29, 1.82) is 0 Å². The van der Waals surface area contributed by atoms with Crippen molar-refractivity contribution in [2.24, 2.45) is 0 Å². The van der Waals surface area contributed by atoms with Crippen LogP contribution in [0, 0.1) is 0 Å². The molecule has 7 nitrogen and oxygen atoms in total. The van der Waals surface area contributed by atoms with Crippen molar-refractivity contribution in [2.45, 2.75) is 37.9 Å². The monoisotopic (exact) mass is 399 g/mol. The molecular weight excluding hydrogens is 370 g/mol. The Kier molecular flexibility index (Phi) is 6.95. The smallest absolute Gasteiger partial charge is 0.221 e. The molecule has 3 atom stereocenters. The molecule has 156 valence electrons. The second-order valence-electron chi connectivity index (χ2n) is 7.11. The summed E-state index contributed by atoms with van der Waals surface area (Å²) in [6.45, 7) is 2.08. The van der Waals surface area contributed by atoms with Gasteiger partial charge in [-0.05, 0) is 48.7 Å². The number of hydrogen-bond donors (Lipinski definition) is 3. The first-order valence-electron chi connectivity index (χ1n) is 9.71. The van der Waals surface area contributed by atoms with Crippen molar-refractivity contribution in [1.82, 2.24) is 16.2 Å². The lowest BCUT2D eigenvalue weighted by Gasteiger charge is -2.23. The molecule has 3 unspecified atom stereocenters. The van der Waals surface area contributed by atoms with Crippen LogP contribution in [0.15, 0.2) is 42.5 Å². The van der Waals surface area contributed by atoms with Crippen LogP contribution < -0.4 is 30.4 Å². The summed E-state index contributed by atoms with van der Waals surface area (Å²) < 4.78 is 16.0. The predicted molar refractivity (Wildman–Crippen MR) is 111 cm³/mol. The van der Waals surface area contributed by atoms with Crippen LogP contribution in [-0.4, -0.2) is 39.4 Å². The molecule has 0 radical (unpaired) electrons. The molecule has 2 aromatic rings. The quantitative estimate of drug-likeness (QED) is 0.632. The van der Waals surface area contributed by atoms with Crippen LogP contribution in [-0.2, 0) is 11.2 Å². The zero-order valence-corrected chi connectivity index (χ0v) is 17.3. The molecule has 1 fully saturated rings. The van der Waals surface area contributed by atoms with E-state index in [2.05, 4.69) is 23.1 Å². The number of carbonyl (C=O) groups excluding carboxylic acids is 1. The van der Waals surface area contributed by atoms with Crippen LogP contribution in [0.1, 0.15) is 30.4 Å². The van der Waals surface area contributed by atoms with Gasteiger partial charge in [0.1, 0.15) is 11.9 Å². The van der Waals surface area contributed by atoms with Crippen molar-refractivity contribution >= 4 is 5.91 Å². The molecule has 7 heteroatoms. The molecule has 3 N–H and O–H groups in total. The third-order valence-electron chi connectivity index (χ3n) is 5.25. The van der Waals surface area contributed by atoms with Gasteiger partial charge in [-0.15, -0.1) is 0 Å². The molecule has 0 aromatic heterocycles. The number of aryl methyl sites for hydroxylation is 1. The number of hydrazine groups is 1. The van der Waals surface area contributed by atoms with Gasteiger partial charge in [-0.25, -0.2) is 5.43 Å². The number of nitrogens with one attached hydrogen (secondary N) is 3. The predicted octanol–water partition coefficient (Wildman–Crippen LogP) is 2.37. The molecule has 0 spiro atoms. The van der Waals surface area contributed by atoms with Crippen LogP contribution in [0.4, 0.5) is 0 Å². The summed E-state index contributed by atoms with van der Waals surface area (Å²) >= 11 is 0. The van der Waals surface area contributed by atoms with Gasteiger partial charge in [0.25, 0.3) is 0 Å². The van der Waals surface area contributed by atoms with Crippen molar-refractivity contribution < 1.29 is 19.0 Å². The summed E-state index contributed by atoms with van der Waals surface area (Å²) in [6.07, 6.45) is 0.832. The van der Waals surface area contributed by atoms with Crippen LogP contribution >= 0.6 is 0 Å². The zero-order valence-electron chi connectivity index (χ0n) is 17.3. The Balaban J connectivity index is 1.65. The van der Waals surface area contributed by atoms with E-state index < -0.39 is 0 Å². The minimum atomic E-state index is -0.221. The van der Waals surface area contributed by atoms with Crippen LogP contribution in [0.5, 0.6) is 17.2 Å². The maximum atomic E-state index is 12.6. The standard InChI is InChI=1S/C22H29N3O4/c1-14-21(16-9-10-18(28-3)19(13-16)29-4)22(25-24-14)23-20(26)11-8-15-6-5-7-17(12-15)27-2/h5-7,9-10,12-14,21-22,24-25H,8,11H2,1-4H3,(H,23,26). The number of ether oxygens (including phenoxy) is 3. The van der Waals surface area contributed by atoms with Crippen LogP contribution in [0.2, 0.25) is 0 Å². The molecule has 1 aliphatic heterocycles. The fourth-order valence-electron chi connectivity index (χ4n) is 3.69. The largest absolute Gasteiger partial charge is 0.497 e. The highest BCUT2D eigenvalue weighted by Gasteiger charge is 2.35. The Labute approximate surface area is 171 Å². The molecule has 3 rings (SSSR count). The number of hydrogen-bond acceptors (Lipinski definition) is 6. The van der Waals surface area contributed by atoms with Gasteiger partial charge in [-0.3, -0.25) is 10.2 Å². The lowest BCUT2D eigenvalue weighted by atomic mass is 9.91. The second-order valence-corrected chi connectivity index (χ2v) is 7.11. The van der Waals surface area contributed by atoms with Gasteiger partial charge in [-0.1, -0.05) is 18.2 Å². The first-order chi connectivity index (χ1) is 14.0. The maximum absolute atomic E-state index is 12.6. The summed E-state index contributed by atoms with van der Waals surface area (Å²) in [7, 11) is 4.87. The molecule has 1 heterocycles. The van der Waals surface area contributed by atoms with Crippen LogP contribution in [0.3, 0.4) is 0 Å². The van der Waals surface area contributed by atoms with Gasteiger partial charge in [-0.2, -0.15) is 0 Å². The van der Waals surface area contributed by atoms with E-state index in [4.69, 9.17) is 14.2 Å². The molecular formula is C22H29N3O4. The van der Waals surface area contributed by atoms with E-state index in [1.165, 1.54) is 0 Å². The molecule has 0 aliphatic carbocycles. The third-order valence-corrected chi connectivity index (χ3v) is 5.25. The van der Waals surface area contributed by atoms with E-state index in [-0.39, 0.29) is 24.0 Å². The molecule has 0 saturated carbocycles. The average Bonchev–Trinajstić information content (AvgIpc) is 3.11. The minimum Gasteiger partial charge on any atom is -0.497 e. The SMILES string of the molecule is COc1cccc(CCC(=O)NC2NNC(C)C2c2ccc(OC)c(OC)c2)c1. The Morgan fingerprint density at radius 3 is 2.52 bits per heavy atom. The maximum Gasteiger partial charge on any atom is 0.221 e. The Bertz CT molecular complexity index is 843. The van der Waals surface area contributed by atoms with Crippen molar-refractivity contribution in [3.8, 4) is 17.2 Å². The van der Waals surface area contributed by atoms with E-state index >= 15 is 0 Å². The molecule has 0 bridgehead atoms. The van der Waals surface area contributed by atoms with Gasteiger partial charge in [0.05, 0.1) is 21.3 Å². The van der Waals surface area contributed by atoms with Gasteiger partial charge >= 0.3 is 0 Å². The summed E-state index contributed by atoms with van der Waals surface area (Å²) in [5, 5.41) is 3.11. The second kappa shape index (κ2) is 9.62. The van der Waals surface area contributed by atoms with Gasteiger partial charge in [0.15, 0.2) is 11.5 Å². The molecule has 1 amide bonds. The minimum absolute atomic E-state index is 0.00769. The Hall–Kier alpha value is -2.77. The summed E-state index contributed by atoms with van der Waals surface area (Å²) in [6, 6.07) is 13.8. The summed E-state index contributed by atoms with van der Waals surface area (Å²) in [4.78, 5) is 12.6. The Morgan fingerprint density at radius 1 is 1.00 bits per heavy atom. The van der Waals surface area contributed by atoms with E-state index in [1.807, 2.05) is 42.5 Å². The van der Waals surface area contributed by atoms with Crippen molar-refractivity contribution in [3.63, 3.8) is 0 Å². The topological polar surface area (TPSA) is 80.9 Å². The van der Waals surface area contributed by atoms with Gasteiger partial charge in [0.2, 0.25) is 5.91 Å². The summed E-state index contributed by atoms with van der Waals surface area (Å²) in [5.41, 5.74) is 8.55. The number of amides is 1. The van der Waals surface area contributed by atoms with Crippen molar-refractivity contribution in [2.75, 3.05) is 21.3 Å². The highest BCUT2D eigenvalue weighted by molar-refractivity contribution is 5.76. The van der Waals surface area contributed by atoms with Gasteiger partial charge < -0.3 is 19.5 Å². The van der Waals surface area contributed by atoms with Gasteiger partial charge in [0, 0.05) is 18.4 Å². The van der Waals surface area contributed by atoms with E-state index in [0.29, 0.717) is 24.3 Å². The van der Waals surface area contributed by atoms with E-state index in [9.17, 15) is 4.79 Å². The highest BCUT2D eigenvalue weighted by Crippen LogP contribution is 2.34. The normalized spacial score (nSPS) is 20.9. The van der Waals surface area contributed by atoms with E-state index in [1.54, 1.807) is 21.3 Å². The zero-order chi connectivity index (χ0) is 20.8. The van der Waals surface area contributed by atoms with Crippen LogP contribution in [0.25, 0.3) is 0 Å². The first kappa shape index (κ1) is 21.0. The number of rotatable bonds is 8. The lowest BCUT2D eigenvalue weighted by molar-refractivity contribution is -0.122. The first-order valence-corrected chi connectivity index (χ1v) is 9.71. The third kappa shape index (κ3) is 4.99. The molecule has 1 aliphatic rings. The lowest BCUT2D eigenvalue weighted by Crippen LogP contribution is -2.46. The average molecular weight is 399 g/mol. The van der Waals surface area contributed by atoms with Crippen molar-refractivity contribution in [3.05, 3.63) is 53.6 Å². The number of benzene rings is 2. The number of carbonyl (C=O) groups is 1. The molecule has 1 saturated heterocycles. The number of methoxy groups -OCH3 is 3. The fraction of sp³-hybridized carbons (Fsp3) is 0.409. The Morgan fingerprint density at radius 2 is 1.79 bits per heavy atom. The summed E-state index contributed by atoms with van der Waals surface area (Å²) in [5.74, 6) is 2.20. The molecule has 29 heavy (non-hydrogen) atoms. The highest BCUT2D eigenvalue weighted by atomic mass is 16.5. The molecule has 2 aromatic carbocycles. The van der Waals surface area contributed by atoms with E-state index in [0.717, 1.165) is 16.9 Å².